The highest BCUT2D eigenvalue weighted by Crippen LogP contribution is 2.03. The van der Waals surface area contributed by atoms with Crippen LogP contribution in [0.5, 0.6) is 0 Å². The van der Waals surface area contributed by atoms with Crippen LogP contribution in [0.2, 0.25) is 0 Å². The van der Waals surface area contributed by atoms with E-state index < -0.39 is 11.9 Å². The van der Waals surface area contributed by atoms with E-state index in [2.05, 4.69) is 6.92 Å². The molecular weight excluding hydrogens is 508 g/mol. The first kappa shape index (κ1) is 37.5. The number of benzene rings is 2. The Morgan fingerprint density at radius 1 is 0.800 bits per heavy atom. The molecule has 0 atom stereocenters. The number of hydrogen-bond acceptors (Lipinski definition) is 5. The van der Waals surface area contributed by atoms with Crippen molar-refractivity contribution in [2.24, 2.45) is 0 Å². The van der Waals surface area contributed by atoms with Crippen molar-refractivity contribution in [2.75, 3.05) is 0 Å². The molecule has 0 aliphatic carbocycles. The van der Waals surface area contributed by atoms with Crippen molar-refractivity contribution in [2.45, 2.75) is 53.9 Å². The zero-order valence-corrected chi connectivity index (χ0v) is 24.0. The van der Waals surface area contributed by atoms with Gasteiger partial charge in [0.05, 0.1) is 12.5 Å². The monoisotopic (exact) mass is 550 g/mol. The van der Waals surface area contributed by atoms with E-state index in [1.54, 1.807) is 58.1 Å². The number of carbonyl (C=O) groups is 3. The summed E-state index contributed by atoms with van der Waals surface area (Å²) < 4.78 is 4.91. The number of aliphatic hydroxyl groups excluding tert-OH is 1. The number of esters is 1. The van der Waals surface area contributed by atoms with Gasteiger partial charge in [-0.3, -0.25) is 0 Å². The first-order valence-electron chi connectivity index (χ1n) is 12.8. The van der Waals surface area contributed by atoms with Gasteiger partial charge in [-0.25, -0.2) is 14.4 Å². The van der Waals surface area contributed by atoms with Crippen molar-refractivity contribution in [3.8, 4) is 0 Å². The Kier molecular flexibility index (Phi) is 24.4. The van der Waals surface area contributed by atoms with E-state index in [0.717, 1.165) is 36.7 Å². The van der Waals surface area contributed by atoms with Gasteiger partial charge in [-0.2, -0.15) is 0 Å². The van der Waals surface area contributed by atoms with Gasteiger partial charge in [-0.15, -0.1) is 0 Å². The summed E-state index contributed by atoms with van der Waals surface area (Å²) in [5.74, 6) is -2.02. The second-order valence-corrected chi connectivity index (χ2v) is 7.98. The Labute approximate surface area is 238 Å². The Morgan fingerprint density at radius 2 is 1.30 bits per heavy atom. The third kappa shape index (κ3) is 23.7. The molecule has 40 heavy (non-hydrogen) atoms. The average Bonchev–Trinajstić information content (AvgIpc) is 2.96. The smallest absolute Gasteiger partial charge is 0.338 e. The second-order valence-electron chi connectivity index (χ2n) is 7.98. The minimum Gasteiger partial charge on any atom is -0.516 e. The van der Waals surface area contributed by atoms with Crippen molar-refractivity contribution in [3.05, 3.63) is 120 Å². The van der Waals surface area contributed by atoms with Crippen LogP contribution >= 0.6 is 0 Å². The van der Waals surface area contributed by atoms with Gasteiger partial charge in [0, 0.05) is 17.2 Å². The molecule has 0 aliphatic rings. The molecule has 0 saturated heterocycles. The van der Waals surface area contributed by atoms with Crippen molar-refractivity contribution < 1.29 is 34.4 Å². The van der Waals surface area contributed by atoms with Crippen molar-refractivity contribution in [3.63, 3.8) is 0 Å². The second kappa shape index (κ2) is 26.0. The maximum absolute atomic E-state index is 11.2. The molecule has 2 rings (SSSR count). The van der Waals surface area contributed by atoms with Crippen LogP contribution in [0.25, 0.3) is 12.2 Å². The number of rotatable bonds is 9. The molecule has 7 nitrogen and oxygen atoms in total. The molecule has 0 aromatic heterocycles. The fraction of sp³-hybridized carbons (Fsp3) is 0.242. The fourth-order valence-corrected chi connectivity index (χ4v) is 2.23. The lowest BCUT2D eigenvalue weighted by Gasteiger charge is -1.97. The van der Waals surface area contributed by atoms with E-state index >= 15 is 0 Å². The zero-order chi connectivity index (χ0) is 30.6. The quantitative estimate of drug-likeness (QED) is 0.124. The van der Waals surface area contributed by atoms with Gasteiger partial charge in [0.2, 0.25) is 0 Å². The van der Waals surface area contributed by atoms with Gasteiger partial charge in [0.1, 0.15) is 0 Å². The predicted molar refractivity (Wildman–Crippen MR) is 162 cm³/mol. The summed E-state index contributed by atoms with van der Waals surface area (Å²) in [4.78, 5) is 31.0. The summed E-state index contributed by atoms with van der Waals surface area (Å²) in [5.41, 5.74) is 3.01. The molecule has 0 unspecified atom stereocenters. The van der Waals surface area contributed by atoms with Gasteiger partial charge < -0.3 is 20.1 Å². The molecule has 0 bridgehead atoms. The SMILES string of the molecule is CC=C(C)C(=O)O.CC=C(C)C(=O)OC=Cc1ccccc1.CCCCC=CC(=O)O.OC=Cc1ccccc1. The summed E-state index contributed by atoms with van der Waals surface area (Å²) in [6.07, 6.45) is 15.1. The molecule has 0 heterocycles. The maximum atomic E-state index is 11.2. The van der Waals surface area contributed by atoms with E-state index in [9.17, 15) is 14.4 Å². The number of aliphatic hydroxyl groups is 1. The van der Waals surface area contributed by atoms with Crippen LogP contribution < -0.4 is 0 Å². The van der Waals surface area contributed by atoms with Crippen LogP contribution in [0, 0.1) is 0 Å². The average molecular weight is 551 g/mol. The highest BCUT2D eigenvalue weighted by Gasteiger charge is 2.00. The molecule has 0 fully saturated rings. The third-order valence-electron chi connectivity index (χ3n) is 4.81. The fourth-order valence-electron chi connectivity index (χ4n) is 2.23. The van der Waals surface area contributed by atoms with E-state index in [1.165, 1.54) is 12.3 Å². The first-order valence-corrected chi connectivity index (χ1v) is 12.8. The molecule has 3 N–H and O–H groups in total. The standard InChI is InChI=1S/C13H14O2.C8H8O.C7H12O2.C5H8O2/c1-3-11(2)13(14)15-10-9-12-7-5-4-6-8-12;9-7-6-8-4-2-1-3-5-8;1-2-3-4-5-6-7(8)9;1-3-4(2)5(6)7/h3-10H,1-2H3;1-7,9H;5-6H,2-4H2,1H3,(H,8,9);3H,1-2H3,(H,6,7). The topological polar surface area (TPSA) is 121 Å². The van der Waals surface area contributed by atoms with E-state index in [4.69, 9.17) is 20.1 Å². The first-order chi connectivity index (χ1) is 19.1. The summed E-state index contributed by atoms with van der Waals surface area (Å²) in [5, 5.41) is 24.6. The Bertz CT molecular complexity index is 1110. The number of allylic oxidation sites excluding steroid dienone is 3. The summed E-state index contributed by atoms with van der Waals surface area (Å²) >= 11 is 0. The molecule has 0 saturated carbocycles. The van der Waals surface area contributed by atoms with Gasteiger partial charge in [-0.1, -0.05) is 98.7 Å². The lowest BCUT2D eigenvalue weighted by Crippen LogP contribution is -1.99. The lowest BCUT2D eigenvalue weighted by molar-refractivity contribution is -0.134. The minimum absolute atomic E-state index is 0.315. The van der Waals surface area contributed by atoms with Crippen molar-refractivity contribution in [1.82, 2.24) is 0 Å². The number of ether oxygens (including phenoxy) is 1. The predicted octanol–water partition coefficient (Wildman–Crippen LogP) is 8.24. The third-order valence-corrected chi connectivity index (χ3v) is 4.81. The molecule has 0 amide bonds. The van der Waals surface area contributed by atoms with Crippen molar-refractivity contribution in [1.29, 1.82) is 0 Å². The number of hydrogen-bond donors (Lipinski definition) is 3. The lowest BCUT2D eigenvalue weighted by atomic mass is 10.2. The van der Waals surface area contributed by atoms with E-state index in [-0.39, 0.29) is 5.97 Å². The van der Waals surface area contributed by atoms with Crippen LogP contribution in [0.15, 0.2) is 109 Å². The molecule has 7 heteroatoms. The molecule has 0 spiro atoms. The number of unbranched alkanes of at least 4 members (excludes halogenated alkanes) is 2. The highest BCUT2D eigenvalue weighted by molar-refractivity contribution is 5.88. The molecule has 2 aromatic carbocycles. The maximum Gasteiger partial charge on any atom is 0.338 e. The molecular formula is C33H42O7. The highest BCUT2D eigenvalue weighted by atomic mass is 16.5. The van der Waals surface area contributed by atoms with E-state index in [0.29, 0.717) is 11.1 Å². The number of carboxylic acid groups (broad SMARTS) is 2. The molecule has 0 radical (unpaired) electrons. The van der Waals surface area contributed by atoms with Gasteiger partial charge in [0.15, 0.2) is 0 Å². The minimum atomic E-state index is -0.855. The van der Waals surface area contributed by atoms with Gasteiger partial charge in [0.25, 0.3) is 0 Å². The number of carbonyl (C=O) groups excluding carboxylic acids is 1. The molecule has 216 valence electrons. The summed E-state index contributed by atoms with van der Waals surface area (Å²) in [6, 6.07) is 19.3. The summed E-state index contributed by atoms with van der Waals surface area (Å²) in [7, 11) is 0. The van der Waals surface area contributed by atoms with Crippen molar-refractivity contribution >= 4 is 30.1 Å². The van der Waals surface area contributed by atoms with Crippen LogP contribution in [0.4, 0.5) is 0 Å². The zero-order valence-electron chi connectivity index (χ0n) is 24.0. The normalized spacial score (nSPS) is 11.0. The largest absolute Gasteiger partial charge is 0.516 e. The molecule has 0 aliphatic heterocycles. The Morgan fingerprint density at radius 3 is 1.68 bits per heavy atom. The number of aliphatic carboxylic acids is 2. The molecule has 2 aromatic rings. The van der Waals surface area contributed by atoms with E-state index in [1.807, 2.05) is 60.7 Å². The van der Waals surface area contributed by atoms with Crippen LogP contribution in [-0.2, 0) is 19.1 Å². The van der Waals surface area contributed by atoms with Crippen LogP contribution in [-0.4, -0.2) is 33.2 Å². The summed E-state index contributed by atoms with van der Waals surface area (Å²) in [6.45, 7) is 8.86. The number of carboxylic acids is 2. The van der Waals surface area contributed by atoms with Crippen LogP contribution in [0.1, 0.15) is 65.0 Å². The van der Waals surface area contributed by atoms with Gasteiger partial charge >= 0.3 is 17.9 Å². The Balaban J connectivity index is 0. The van der Waals surface area contributed by atoms with Gasteiger partial charge in [-0.05, 0) is 57.4 Å². The van der Waals surface area contributed by atoms with Crippen LogP contribution in [0.3, 0.4) is 0 Å². The Hall–Kier alpha value is -4.65.